The number of rotatable bonds is 3. The molecule has 0 spiro atoms. The van der Waals surface area contributed by atoms with Crippen molar-refractivity contribution in [2.45, 2.75) is 19.4 Å². The quantitative estimate of drug-likeness (QED) is 0.838. The van der Waals surface area contributed by atoms with E-state index in [2.05, 4.69) is 61.8 Å². The Bertz CT molecular complexity index is 532. The van der Waals surface area contributed by atoms with Crippen molar-refractivity contribution in [1.82, 2.24) is 5.32 Å². The first-order valence-corrected chi connectivity index (χ1v) is 6.45. The first-order chi connectivity index (χ1) is 8.29. The molecule has 88 valence electrons. The molecule has 0 radical (unpaired) electrons. The fourth-order valence-electron chi connectivity index (χ4n) is 2.84. The molecule has 3 unspecified atom stereocenters. The number of hydrogen-bond acceptors (Lipinski definition) is 1. The molecule has 0 saturated heterocycles. The van der Waals surface area contributed by atoms with Gasteiger partial charge in [-0.1, -0.05) is 43.3 Å². The molecule has 2 aromatic carbocycles. The lowest BCUT2D eigenvalue weighted by atomic mass is 9.98. The summed E-state index contributed by atoms with van der Waals surface area (Å²) in [6.45, 7) is 2.34. The average Bonchev–Trinajstić information content (AvgIpc) is 3.07. The molecule has 3 atom stereocenters. The second kappa shape index (κ2) is 4.15. The van der Waals surface area contributed by atoms with Gasteiger partial charge >= 0.3 is 0 Å². The van der Waals surface area contributed by atoms with E-state index in [1.807, 2.05) is 0 Å². The fourth-order valence-corrected chi connectivity index (χ4v) is 2.84. The van der Waals surface area contributed by atoms with Crippen molar-refractivity contribution in [3.8, 4) is 0 Å². The van der Waals surface area contributed by atoms with E-state index >= 15 is 0 Å². The molecule has 1 nitrogen and oxygen atoms in total. The topological polar surface area (TPSA) is 12.0 Å². The summed E-state index contributed by atoms with van der Waals surface area (Å²) >= 11 is 0. The van der Waals surface area contributed by atoms with Crippen LogP contribution in [0.25, 0.3) is 10.8 Å². The second-order valence-electron chi connectivity index (χ2n) is 5.25. The van der Waals surface area contributed by atoms with Crippen molar-refractivity contribution in [2.75, 3.05) is 7.05 Å². The van der Waals surface area contributed by atoms with Crippen LogP contribution in [0.3, 0.4) is 0 Å². The molecule has 17 heavy (non-hydrogen) atoms. The minimum atomic E-state index is 0.523. The minimum Gasteiger partial charge on any atom is -0.313 e. The van der Waals surface area contributed by atoms with Crippen LogP contribution in [0.5, 0.6) is 0 Å². The van der Waals surface area contributed by atoms with E-state index in [1.54, 1.807) is 0 Å². The Morgan fingerprint density at radius 2 is 1.82 bits per heavy atom. The van der Waals surface area contributed by atoms with Gasteiger partial charge in [0.1, 0.15) is 0 Å². The molecule has 0 bridgehead atoms. The lowest BCUT2D eigenvalue weighted by molar-refractivity contribution is 0.504. The van der Waals surface area contributed by atoms with E-state index in [-0.39, 0.29) is 0 Å². The third-order valence-corrected chi connectivity index (χ3v) is 4.04. The lowest BCUT2D eigenvalue weighted by Gasteiger charge is -2.17. The van der Waals surface area contributed by atoms with Crippen LogP contribution in [0.1, 0.15) is 24.9 Å². The monoisotopic (exact) mass is 225 g/mol. The predicted octanol–water partition coefficient (Wildman–Crippen LogP) is 3.76. The summed E-state index contributed by atoms with van der Waals surface area (Å²) in [7, 11) is 2.07. The first kappa shape index (κ1) is 10.8. The van der Waals surface area contributed by atoms with Crippen LogP contribution in [0.4, 0.5) is 0 Å². The van der Waals surface area contributed by atoms with Gasteiger partial charge in [0.25, 0.3) is 0 Å². The zero-order chi connectivity index (χ0) is 11.8. The molecule has 2 aromatic rings. The van der Waals surface area contributed by atoms with Crippen LogP contribution >= 0.6 is 0 Å². The molecule has 1 heteroatoms. The molecule has 1 saturated carbocycles. The molecular weight excluding hydrogens is 206 g/mol. The minimum absolute atomic E-state index is 0.523. The van der Waals surface area contributed by atoms with E-state index < -0.39 is 0 Å². The standard InChI is InChI=1S/C16H19N/c1-11-9-15(11)16(17-2)14-8-7-12-5-3-4-6-13(12)10-14/h3-8,10-11,15-17H,9H2,1-2H3. The van der Waals surface area contributed by atoms with E-state index in [4.69, 9.17) is 0 Å². The summed E-state index contributed by atoms with van der Waals surface area (Å²) in [6, 6.07) is 15.9. The number of nitrogens with one attached hydrogen (secondary N) is 1. The molecular formula is C16H19N. The van der Waals surface area contributed by atoms with Gasteiger partial charge in [0.2, 0.25) is 0 Å². The highest BCUT2D eigenvalue weighted by Gasteiger charge is 2.39. The Balaban J connectivity index is 1.99. The normalized spacial score (nSPS) is 24.8. The summed E-state index contributed by atoms with van der Waals surface area (Å²) in [5.74, 6) is 1.69. The number of benzene rings is 2. The van der Waals surface area contributed by atoms with Gasteiger partial charge in [0, 0.05) is 6.04 Å². The molecule has 1 aliphatic rings. The maximum atomic E-state index is 3.48. The summed E-state index contributed by atoms with van der Waals surface area (Å²) in [4.78, 5) is 0. The van der Waals surface area contributed by atoms with Gasteiger partial charge in [0.15, 0.2) is 0 Å². The largest absolute Gasteiger partial charge is 0.313 e. The van der Waals surface area contributed by atoms with Gasteiger partial charge < -0.3 is 5.32 Å². The Hall–Kier alpha value is -1.34. The first-order valence-electron chi connectivity index (χ1n) is 6.45. The smallest absolute Gasteiger partial charge is 0.0349 e. The molecule has 1 N–H and O–H groups in total. The van der Waals surface area contributed by atoms with Gasteiger partial charge in [-0.3, -0.25) is 0 Å². The van der Waals surface area contributed by atoms with Crippen LogP contribution in [-0.2, 0) is 0 Å². The van der Waals surface area contributed by atoms with Gasteiger partial charge in [0.05, 0.1) is 0 Å². The molecule has 0 aromatic heterocycles. The van der Waals surface area contributed by atoms with E-state index in [0.29, 0.717) is 6.04 Å². The summed E-state index contributed by atoms with van der Waals surface area (Å²) in [6.07, 6.45) is 1.36. The van der Waals surface area contributed by atoms with Crippen molar-refractivity contribution in [2.24, 2.45) is 11.8 Å². The highest BCUT2D eigenvalue weighted by atomic mass is 14.9. The van der Waals surface area contributed by atoms with Gasteiger partial charge in [-0.15, -0.1) is 0 Å². The molecule has 0 aliphatic heterocycles. The zero-order valence-corrected chi connectivity index (χ0v) is 10.5. The van der Waals surface area contributed by atoms with E-state index in [0.717, 1.165) is 11.8 Å². The maximum Gasteiger partial charge on any atom is 0.0349 e. The van der Waals surface area contributed by atoms with Crippen molar-refractivity contribution >= 4 is 10.8 Å². The SMILES string of the molecule is CNC(c1ccc2ccccc2c1)C1CC1C. The summed E-state index contributed by atoms with van der Waals surface area (Å²) < 4.78 is 0. The van der Waals surface area contributed by atoms with Gasteiger partial charge in [-0.2, -0.15) is 0 Å². The second-order valence-corrected chi connectivity index (χ2v) is 5.25. The fraction of sp³-hybridized carbons (Fsp3) is 0.375. The lowest BCUT2D eigenvalue weighted by Crippen LogP contribution is -2.18. The average molecular weight is 225 g/mol. The summed E-state index contributed by atoms with van der Waals surface area (Å²) in [5, 5.41) is 6.15. The third-order valence-electron chi connectivity index (χ3n) is 4.04. The van der Waals surface area contributed by atoms with Crippen molar-refractivity contribution in [1.29, 1.82) is 0 Å². The highest BCUT2D eigenvalue weighted by molar-refractivity contribution is 5.83. The molecule has 3 rings (SSSR count). The third kappa shape index (κ3) is 1.96. The van der Waals surface area contributed by atoms with Crippen LogP contribution < -0.4 is 5.32 Å². The molecule has 0 heterocycles. The van der Waals surface area contributed by atoms with Crippen molar-refractivity contribution in [3.63, 3.8) is 0 Å². The number of hydrogen-bond donors (Lipinski definition) is 1. The van der Waals surface area contributed by atoms with Gasteiger partial charge in [-0.25, -0.2) is 0 Å². The maximum absolute atomic E-state index is 3.48. The van der Waals surface area contributed by atoms with Crippen LogP contribution in [0, 0.1) is 11.8 Å². The van der Waals surface area contributed by atoms with Crippen LogP contribution in [0.2, 0.25) is 0 Å². The molecule has 1 fully saturated rings. The van der Waals surface area contributed by atoms with E-state index in [1.165, 1.54) is 22.8 Å². The zero-order valence-electron chi connectivity index (χ0n) is 10.5. The number of fused-ring (bicyclic) bond motifs is 1. The van der Waals surface area contributed by atoms with Crippen LogP contribution in [-0.4, -0.2) is 7.05 Å². The van der Waals surface area contributed by atoms with Crippen molar-refractivity contribution in [3.05, 3.63) is 48.0 Å². The Kier molecular flexibility index (Phi) is 2.64. The van der Waals surface area contributed by atoms with Crippen LogP contribution in [0.15, 0.2) is 42.5 Å². The molecule has 0 amide bonds. The summed E-state index contributed by atoms with van der Waals surface area (Å²) in [5.41, 5.74) is 1.43. The predicted molar refractivity (Wildman–Crippen MR) is 73.0 cm³/mol. The van der Waals surface area contributed by atoms with Gasteiger partial charge in [-0.05, 0) is 47.7 Å². The highest BCUT2D eigenvalue weighted by Crippen LogP contribution is 2.47. The van der Waals surface area contributed by atoms with Crippen molar-refractivity contribution < 1.29 is 0 Å². The molecule has 1 aliphatic carbocycles. The Morgan fingerprint density at radius 1 is 1.12 bits per heavy atom. The van der Waals surface area contributed by atoms with E-state index in [9.17, 15) is 0 Å². The Labute approximate surface area is 103 Å². The Morgan fingerprint density at radius 3 is 2.47 bits per heavy atom.